The molecule has 0 radical (unpaired) electrons. The van der Waals surface area contributed by atoms with Gasteiger partial charge < -0.3 is 0 Å². The van der Waals surface area contributed by atoms with Crippen LogP contribution in [0.3, 0.4) is 0 Å². The molecule has 0 atom stereocenters. The van der Waals surface area contributed by atoms with E-state index in [1.165, 1.54) is 0 Å². The minimum absolute atomic E-state index is 0.838. The van der Waals surface area contributed by atoms with Crippen molar-refractivity contribution in [3.8, 4) is 11.4 Å². The Labute approximate surface area is 58.1 Å². The van der Waals surface area contributed by atoms with Gasteiger partial charge in [-0.25, -0.2) is 0 Å². The molecule has 0 saturated heterocycles. The highest BCUT2D eigenvalue weighted by molar-refractivity contribution is 5.53. The number of aromatic nitrogens is 3. The second-order valence-electron chi connectivity index (χ2n) is 1.92. The maximum atomic E-state index is 4.08. The van der Waals surface area contributed by atoms with Gasteiger partial charge in [-0.05, 0) is 6.07 Å². The zero-order chi connectivity index (χ0) is 6.81. The molecular formula is C7H5N3. The molecule has 10 heavy (non-hydrogen) atoms. The van der Waals surface area contributed by atoms with E-state index in [2.05, 4.69) is 15.0 Å². The first-order chi connectivity index (χ1) is 4.97. The SMILES string of the molecule is c1cnc2ccnc-2cn1. The maximum Gasteiger partial charge on any atom is 0.107 e. The van der Waals surface area contributed by atoms with E-state index in [1.807, 2.05) is 6.07 Å². The molecule has 0 spiro atoms. The van der Waals surface area contributed by atoms with Crippen LogP contribution < -0.4 is 0 Å². The third-order valence-corrected chi connectivity index (χ3v) is 1.27. The summed E-state index contributed by atoms with van der Waals surface area (Å²) in [7, 11) is 0. The molecule has 2 aliphatic rings. The van der Waals surface area contributed by atoms with Crippen LogP contribution in [0.2, 0.25) is 0 Å². The van der Waals surface area contributed by atoms with Crippen molar-refractivity contribution >= 4 is 0 Å². The third-order valence-electron chi connectivity index (χ3n) is 1.27. The normalized spacial score (nSPS) is 10.0. The molecule has 2 rings (SSSR count). The van der Waals surface area contributed by atoms with Gasteiger partial charge in [0.15, 0.2) is 0 Å². The van der Waals surface area contributed by atoms with Crippen LogP contribution in [0.15, 0.2) is 30.9 Å². The molecule has 2 heterocycles. The number of fused-ring (bicyclic) bond motifs is 1. The van der Waals surface area contributed by atoms with Crippen LogP contribution >= 0.6 is 0 Å². The van der Waals surface area contributed by atoms with Crippen molar-refractivity contribution in [1.82, 2.24) is 15.0 Å². The van der Waals surface area contributed by atoms with Crippen LogP contribution in [0.5, 0.6) is 0 Å². The zero-order valence-electron chi connectivity index (χ0n) is 5.23. The lowest BCUT2D eigenvalue weighted by atomic mass is 10.4. The Morgan fingerprint density at radius 3 is 2.80 bits per heavy atom. The fourth-order valence-corrected chi connectivity index (χ4v) is 0.814. The molecule has 0 saturated carbocycles. The highest BCUT2D eigenvalue weighted by Crippen LogP contribution is 2.11. The maximum absolute atomic E-state index is 4.08. The molecule has 0 unspecified atom stereocenters. The number of nitrogens with zero attached hydrogens (tertiary/aromatic N) is 3. The van der Waals surface area contributed by atoms with Gasteiger partial charge in [0.25, 0.3) is 0 Å². The lowest BCUT2D eigenvalue weighted by molar-refractivity contribution is 1.32. The van der Waals surface area contributed by atoms with Gasteiger partial charge in [-0.2, -0.15) is 0 Å². The first-order valence-corrected chi connectivity index (χ1v) is 2.97. The summed E-state index contributed by atoms with van der Waals surface area (Å²) >= 11 is 0. The van der Waals surface area contributed by atoms with Crippen LogP contribution in [0.4, 0.5) is 0 Å². The summed E-state index contributed by atoms with van der Waals surface area (Å²) in [4.78, 5) is 12.0. The summed E-state index contributed by atoms with van der Waals surface area (Å²) in [5.41, 5.74) is 1.72. The Balaban J connectivity index is 2.74. The summed E-state index contributed by atoms with van der Waals surface area (Å²) in [5, 5.41) is 0. The largest absolute Gasteiger partial charge is 0.261 e. The summed E-state index contributed by atoms with van der Waals surface area (Å²) in [6.45, 7) is 0. The Morgan fingerprint density at radius 2 is 1.80 bits per heavy atom. The van der Waals surface area contributed by atoms with Crippen LogP contribution in [-0.4, -0.2) is 15.0 Å². The molecule has 48 valence electrons. The van der Waals surface area contributed by atoms with Gasteiger partial charge >= 0.3 is 0 Å². The van der Waals surface area contributed by atoms with Crippen molar-refractivity contribution < 1.29 is 0 Å². The van der Waals surface area contributed by atoms with E-state index >= 15 is 0 Å². The Kier molecular flexibility index (Phi) is 1.07. The van der Waals surface area contributed by atoms with Crippen molar-refractivity contribution in [3.63, 3.8) is 0 Å². The number of rotatable bonds is 0. The van der Waals surface area contributed by atoms with Gasteiger partial charge in [0.05, 0.1) is 11.9 Å². The van der Waals surface area contributed by atoms with Gasteiger partial charge in [-0.15, -0.1) is 0 Å². The van der Waals surface area contributed by atoms with Crippen molar-refractivity contribution in [2.45, 2.75) is 0 Å². The summed E-state index contributed by atoms with van der Waals surface area (Å²) in [6, 6.07) is 1.86. The van der Waals surface area contributed by atoms with Crippen molar-refractivity contribution in [3.05, 3.63) is 30.9 Å². The van der Waals surface area contributed by atoms with Crippen molar-refractivity contribution in [1.29, 1.82) is 0 Å². The summed E-state index contributed by atoms with van der Waals surface area (Å²) < 4.78 is 0. The predicted octanol–water partition coefficient (Wildman–Crippen LogP) is 0.976. The van der Waals surface area contributed by atoms with Crippen LogP contribution in [0, 0.1) is 0 Å². The van der Waals surface area contributed by atoms with Gasteiger partial charge in [0, 0.05) is 18.6 Å². The van der Waals surface area contributed by atoms with Crippen LogP contribution in [0.25, 0.3) is 11.4 Å². The average Bonchev–Trinajstić information content (AvgIpc) is 2.28. The van der Waals surface area contributed by atoms with Gasteiger partial charge in [-0.3, -0.25) is 15.0 Å². The Hall–Kier alpha value is -1.51. The second-order valence-corrected chi connectivity index (χ2v) is 1.92. The first kappa shape index (κ1) is 5.29. The average molecular weight is 131 g/mol. The molecule has 0 aromatic heterocycles. The topological polar surface area (TPSA) is 38.7 Å². The lowest BCUT2D eigenvalue weighted by Gasteiger charge is -1.81. The molecule has 0 aromatic carbocycles. The van der Waals surface area contributed by atoms with Crippen LogP contribution in [0.1, 0.15) is 0 Å². The summed E-state index contributed by atoms with van der Waals surface area (Å²) in [5.74, 6) is 0. The molecule has 3 heteroatoms. The smallest absolute Gasteiger partial charge is 0.107 e. The molecule has 0 aromatic rings. The number of hydrogen-bond donors (Lipinski definition) is 0. The van der Waals surface area contributed by atoms with E-state index in [9.17, 15) is 0 Å². The number of hydrogen-bond acceptors (Lipinski definition) is 3. The Morgan fingerprint density at radius 1 is 0.900 bits per heavy atom. The lowest BCUT2D eigenvalue weighted by Crippen LogP contribution is -1.71. The van der Waals surface area contributed by atoms with Gasteiger partial charge in [0.1, 0.15) is 5.69 Å². The molecule has 0 bridgehead atoms. The monoisotopic (exact) mass is 131 g/mol. The quantitative estimate of drug-likeness (QED) is 0.534. The van der Waals surface area contributed by atoms with Gasteiger partial charge in [0.2, 0.25) is 0 Å². The van der Waals surface area contributed by atoms with Crippen molar-refractivity contribution in [2.75, 3.05) is 0 Å². The molecule has 3 nitrogen and oxygen atoms in total. The molecule has 2 aliphatic heterocycles. The van der Waals surface area contributed by atoms with E-state index in [-0.39, 0.29) is 0 Å². The predicted molar refractivity (Wildman–Crippen MR) is 36.4 cm³/mol. The van der Waals surface area contributed by atoms with Crippen LogP contribution in [-0.2, 0) is 0 Å². The van der Waals surface area contributed by atoms with E-state index in [1.54, 1.807) is 24.8 Å². The standard InChI is InChI=1S/C7H5N3/c1-2-9-7-5-8-3-4-10-6(1)7/h1-5H. The third kappa shape index (κ3) is 0.719. The van der Waals surface area contributed by atoms with E-state index in [0.717, 1.165) is 11.4 Å². The minimum atomic E-state index is 0.838. The van der Waals surface area contributed by atoms with E-state index in [4.69, 9.17) is 0 Å². The van der Waals surface area contributed by atoms with Crippen molar-refractivity contribution in [2.24, 2.45) is 0 Å². The molecule has 0 fully saturated rings. The molecule has 0 N–H and O–H groups in total. The zero-order valence-corrected chi connectivity index (χ0v) is 5.23. The first-order valence-electron chi connectivity index (χ1n) is 2.97. The molecular weight excluding hydrogens is 126 g/mol. The summed E-state index contributed by atoms with van der Waals surface area (Å²) in [6.07, 6.45) is 6.72. The fourth-order valence-electron chi connectivity index (χ4n) is 0.814. The van der Waals surface area contributed by atoms with E-state index < -0.39 is 0 Å². The van der Waals surface area contributed by atoms with E-state index in [0.29, 0.717) is 0 Å². The highest BCUT2D eigenvalue weighted by Gasteiger charge is 1.99. The second kappa shape index (κ2) is 2.02. The highest BCUT2D eigenvalue weighted by atomic mass is 14.8. The van der Waals surface area contributed by atoms with Gasteiger partial charge in [-0.1, -0.05) is 0 Å². The minimum Gasteiger partial charge on any atom is -0.261 e. The fraction of sp³-hybridized carbons (Fsp3) is 0. The molecule has 0 aliphatic carbocycles. The Bertz CT molecular complexity index is 280. The molecule has 0 amide bonds.